The number of amides is 6. The Morgan fingerprint density at radius 1 is 0.833 bits per heavy atom. The highest BCUT2D eigenvalue weighted by Gasteiger charge is 2.85. The topological polar surface area (TPSA) is 183 Å². The number of primary amides is 1. The zero-order chi connectivity index (χ0) is 39.4. The highest BCUT2D eigenvalue weighted by atomic mass is 16.2. The lowest BCUT2D eigenvalue weighted by molar-refractivity contribution is -0.143. The number of ketones is 1. The second kappa shape index (κ2) is 14.7. The second-order valence-electron chi connectivity index (χ2n) is 19.9. The molecule has 0 aromatic carbocycles. The molecule has 4 aliphatic carbocycles. The normalized spacial score (nSPS) is 29.0. The molecule has 6 aliphatic rings. The van der Waals surface area contributed by atoms with Crippen LogP contribution in [0, 0.1) is 33.5 Å². The van der Waals surface area contributed by atoms with E-state index in [1.54, 1.807) is 4.90 Å². The van der Waals surface area contributed by atoms with Crippen molar-refractivity contribution in [2.45, 2.75) is 162 Å². The van der Waals surface area contributed by atoms with Crippen LogP contribution in [0.5, 0.6) is 0 Å². The summed E-state index contributed by atoms with van der Waals surface area (Å²) in [5, 5.41) is 12.3. The van der Waals surface area contributed by atoms with E-state index in [-0.39, 0.29) is 39.9 Å². The number of nitrogens with two attached hydrogens (primary N) is 1. The van der Waals surface area contributed by atoms with E-state index < -0.39 is 58.7 Å². The monoisotopic (exact) mass is 754 g/mol. The summed E-state index contributed by atoms with van der Waals surface area (Å²) in [5.74, 6) is -2.61. The predicted octanol–water partition coefficient (Wildman–Crippen LogP) is 3.39. The number of nitrogens with zero attached hydrogens (tertiary/aromatic N) is 2. The minimum atomic E-state index is -1.08. The number of Topliss-reactive ketones (excluding diaryl/α,β-unsaturated/α-hetero) is 1. The molecule has 2 spiro atoms. The van der Waals surface area contributed by atoms with Crippen molar-refractivity contribution in [3.63, 3.8) is 0 Å². The number of fused-ring (bicyclic) bond motifs is 1. The molecule has 2 heterocycles. The van der Waals surface area contributed by atoms with E-state index in [4.69, 9.17) is 5.73 Å². The molecule has 2 saturated heterocycles. The molecule has 6 amide bonds. The fourth-order valence-electron chi connectivity index (χ4n) is 11.3. The van der Waals surface area contributed by atoms with Crippen LogP contribution in [0.3, 0.4) is 0 Å². The molecule has 0 bridgehead atoms. The minimum absolute atomic E-state index is 0.00949. The Labute approximate surface area is 321 Å². The molecule has 302 valence electrons. The van der Waals surface area contributed by atoms with Crippen molar-refractivity contribution in [3.05, 3.63) is 0 Å². The Morgan fingerprint density at radius 3 is 2.02 bits per heavy atom. The second-order valence-corrected chi connectivity index (χ2v) is 19.9. The number of hydrogen-bond acceptors (Lipinski definition) is 7. The van der Waals surface area contributed by atoms with Gasteiger partial charge in [0.05, 0.1) is 6.04 Å². The molecule has 1 unspecified atom stereocenters. The van der Waals surface area contributed by atoms with Gasteiger partial charge in [-0.05, 0) is 80.5 Å². The van der Waals surface area contributed by atoms with E-state index in [1.165, 1.54) is 0 Å². The van der Waals surface area contributed by atoms with Gasteiger partial charge in [-0.2, -0.15) is 0 Å². The summed E-state index contributed by atoms with van der Waals surface area (Å²) in [5.41, 5.74) is 3.90. The summed E-state index contributed by atoms with van der Waals surface area (Å²) >= 11 is 0. The van der Waals surface area contributed by atoms with Crippen LogP contribution < -0.4 is 27.0 Å². The van der Waals surface area contributed by atoms with Gasteiger partial charge in [0.15, 0.2) is 0 Å². The van der Waals surface area contributed by atoms with Crippen LogP contribution >= 0.6 is 0 Å². The van der Waals surface area contributed by atoms with E-state index in [1.807, 2.05) is 39.5 Å². The van der Waals surface area contributed by atoms with Crippen LogP contribution in [-0.4, -0.2) is 101 Å². The lowest BCUT2D eigenvalue weighted by atomic mass is 9.73. The fourth-order valence-corrected chi connectivity index (χ4v) is 11.3. The highest BCUT2D eigenvalue weighted by Crippen LogP contribution is 2.88. The Morgan fingerprint density at radius 2 is 1.50 bits per heavy atom. The molecule has 2 aliphatic heterocycles. The zero-order valence-electron chi connectivity index (χ0n) is 33.9. The Balaban J connectivity index is 1.25. The minimum Gasteiger partial charge on any atom is -0.363 e. The molecule has 5 atom stereocenters. The van der Waals surface area contributed by atoms with Gasteiger partial charge in [0.2, 0.25) is 23.5 Å². The van der Waals surface area contributed by atoms with Gasteiger partial charge < -0.3 is 36.8 Å². The van der Waals surface area contributed by atoms with Gasteiger partial charge in [-0.1, -0.05) is 79.6 Å². The summed E-state index contributed by atoms with van der Waals surface area (Å²) in [6.45, 7) is 16.5. The number of urea groups is 1. The molecule has 13 heteroatoms. The summed E-state index contributed by atoms with van der Waals surface area (Å²) < 4.78 is 0. The lowest BCUT2D eigenvalue weighted by Gasteiger charge is -2.45. The third-order valence-corrected chi connectivity index (χ3v) is 15.2. The first kappa shape index (κ1) is 40.4. The van der Waals surface area contributed by atoms with Gasteiger partial charge in [-0.3, -0.25) is 24.0 Å². The molecule has 4 saturated carbocycles. The quantitative estimate of drug-likeness (QED) is 0.201. The van der Waals surface area contributed by atoms with Crippen LogP contribution in [0.15, 0.2) is 0 Å². The summed E-state index contributed by atoms with van der Waals surface area (Å²) in [4.78, 5) is 86.3. The van der Waals surface area contributed by atoms with Crippen molar-refractivity contribution in [1.82, 2.24) is 31.1 Å². The molecule has 54 heavy (non-hydrogen) atoms. The van der Waals surface area contributed by atoms with Crippen LogP contribution in [0.1, 0.15) is 132 Å². The van der Waals surface area contributed by atoms with E-state index in [9.17, 15) is 28.8 Å². The third kappa shape index (κ3) is 7.04. The van der Waals surface area contributed by atoms with E-state index in [0.717, 1.165) is 70.6 Å². The first-order valence-electron chi connectivity index (χ1n) is 20.8. The van der Waals surface area contributed by atoms with Gasteiger partial charge in [0.1, 0.15) is 18.1 Å². The van der Waals surface area contributed by atoms with Crippen LogP contribution in [0.25, 0.3) is 0 Å². The van der Waals surface area contributed by atoms with Crippen molar-refractivity contribution in [2.24, 2.45) is 39.2 Å². The molecular formula is C41H67N7O6. The third-order valence-electron chi connectivity index (χ3n) is 15.2. The molecular weight excluding hydrogens is 686 g/mol. The van der Waals surface area contributed by atoms with Crippen molar-refractivity contribution in [3.8, 4) is 0 Å². The number of nitrogens with one attached hydrogen (secondary N) is 4. The SMILES string of the molecule is CC(C)(C)[C@H](NC(=O)N[C@H](C(=O)N1CCNCC1(C)C)C1CCCCC1)C(=O)N1C[C@]2(C[C@H]1C(=O)NC(CC1CCC1)C(=O)C(N)=O)C(C)(C)C21CCC1. The van der Waals surface area contributed by atoms with E-state index in [2.05, 4.69) is 35.1 Å². The van der Waals surface area contributed by atoms with E-state index in [0.29, 0.717) is 39.0 Å². The number of hydrogen-bond donors (Lipinski definition) is 5. The summed E-state index contributed by atoms with van der Waals surface area (Å²) in [7, 11) is 0. The standard InChI is InChI=1S/C41H67N7O6/c1-37(2,3)31(46-36(54)45-29(26-15-9-8-10-16-26)34(52)48-20-19-43-23-38(48,4)5)35(53)47-24-41(39(6,7)40(41)17-12-18-40)22-28(47)33(51)44-27(30(49)32(42)50)21-25-13-11-14-25/h25-29,31,43H,8-24H2,1-7H3,(H2,42,50)(H,44,51)(H2,45,46,54)/t27?,28-,29-,31+,41+/m0/s1. The van der Waals surface area contributed by atoms with Crippen molar-refractivity contribution in [2.75, 3.05) is 26.2 Å². The number of carbonyl (C=O) groups excluding carboxylic acids is 6. The largest absolute Gasteiger partial charge is 0.363 e. The highest BCUT2D eigenvalue weighted by molar-refractivity contribution is 6.37. The Kier molecular flexibility index (Phi) is 11.0. The molecule has 6 N–H and O–H groups in total. The maximum atomic E-state index is 15.0. The van der Waals surface area contributed by atoms with Crippen molar-refractivity contribution >= 4 is 35.4 Å². The maximum Gasteiger partial charge on any atom is 0.316 e. The van der Waals surface area contributed by atoms with Crippen LogP contribution in [0.4, 0.5) is 4.79 Å². The van der Waals surface area contributed by atoms with Gasteiger partial charge in [-0.15, -0.1) is 0 Å². The first-order valence-corrected chi connectivity index (χ1v) is 20.8. The Hall–Kier alpha value is -3.22. The van der Waals surface area contributed by atoms with Crippen molar-refractivity contribution < 1.29 is 28.8 Å². The Bertz CT molecular complexity index is 1510. The van der Waals surface area contributed by atoms with Gasteiger partial charge in [0, 0.05) is 37.1 Å². The first-order chi connectivity index (χ1) is 25.3. The maximum absolute atomic E-state index is 15.0. The average Bonchev–Trinajstić information content (AvgIpc) is 3.27. The summed E-state index contributed by atoms with van der Waals surface area (Å²) in [6.07, 6.45) is 11.6. The van der Waals surface area contributed by atoms with Crippen LogP contribution in [0.2, 0.25) is 0 Å². The average molecular weight is 754 g/mol. The molecule has 6 rings (SSSR count). The molecule has 0 aromatic heterocycles. The molecule has 0 radical (unpaired) electrons. The van der Waals surface area contributed by atoms with Crippen LogP contribution in [-0.2, 0) is 24.0 Å². The number of piperazine rings is 1. The molecule has 13 nitrogen and oxygen atoms in total. The van der Waals surface area contributed by atoms with Gasteiger partial charge in [-0.25, -0.2) is 4.79 Å². The van der Waals surface area contributed by atoms with E-state index >= 15 is 0 Å². The van der Waals surface area contributed by atoms with Gasteiger partial charge in [0.25, 0.3) is 5.91 Å². The van der Waals surface area contributed by atoms with Gasteiger partial charge >= 0.3 is 6.03 Å². The lowest BCUT2D eigenvalue weighted by Crippen LogP contribution is -2.66. The van der Waals surface area contributed by atoms with Crippen molar-refractivity contribution in [1.29, 1.82) is 0 Å². The summed E-state index contributed by atoms with van der Waals surface area (Å²) in [6, 6.07) is -4.26. The molecule has 0 aromatic rings. The predicted molar refractivity (Wildman–Crippen MR) is 205 cm³/mol. The fraction of sp³-hybridized carbons (Fsp3) is 0.854. The number of likely N-dealkylation sites (tertiary alicyclic amines) is 1. The smallest absolute Gasteiger partial charge is 0.316 e. The molecule has 6 fully saturated rings. The number of carbonyl (C=O) groups is 6. The zero-order valence-corrected chi connectivity index (χ0v) is 33.9. The number of rotatable bonds is 11.